The van der Waals surface area contributed by atoms with Crippen LogP contribution in [0.15, 0.2) is 18.2 Å². The molecular weight excluding hydrogens is 270 g/mol. The van der Waals surface area contributed by atoms with Gasteiger partial charge >= 0.3 is 5.97 Å². The maximum absolute atomic E-state index is 11.7. The van der Waals surface area contributed by atoms with Crippen LogP contribution in [0, 0.1) is 5.92 Å². The Labute approximate surface area is 123 Å². The number of rotatable bonds is 3. The molecular formula is C16H19NO4. The van der Waals surface area contributed by atoms with Crippen molar-refractivity contribution in [2.75, 3.05) is 20.2 Å². The fourth-order valence-electron chi connectivity index (χ4n) is 3.42. The number of Topliss-reactive ketones (excluding diaryl/α,β-unsaturated/α-hetero) is 1. The number of aliphatic carboxylic acids is 1. The van der Waals surface area contributed by atoms with Gasteiger partial charge < -0.3 is 9.84 Å². The summed E-state index contributed by atoms with van der Waals surface area (Å²) in [4.78, 5) is 25.1. The summed E-state index contributed by atoms with van der Waals surface area (Å²) >= 11 is 0. The number of carboxylic acid groups (broad SMARTS) is 1. The number of ketones is 1. The van der Waals surface area contributed by atoms with Crippen molar-refractivity contribution in [3.05, 3.63) is 29.3 Å². The highest BCUT2D eigenvalue weighted by Gasteiger charge is 2.37. The number of fused-ring (bicyclic) bond motifs is 1. The van der Waals surface area contributed by atoms with E-state index in [2.05, 4.69) is 11.0 Å². The van der Waals surface area contributed by atoms with E-state index in [0.29, 0.717) is 19.5 Å². The van der Waals surface area contributed by atoms with Crippen molar-refractivity contribution in [1.29, 1.82) is 0 Å². The lowest BCUT2D eigenvalue weighted by atomic mass is 9.94. The van der Waals surface area contributed by atoms with Gasteiger partial charge in [-0.3, -0.25) is 14.5 Å². The van der Waals surface area contributed by atoms with Crippen molar-refractivity contribution in [2.45, 2.75) is 25.3 Å². The van der Waals surface area contributed by atoms with Crippen molar-refractivity contribution in [3.8, 4) is 5.75 Å². The molecule has 0 spiro atoms. The van der Waals surface area contributed by atoms with E-state index in [9.17, 15) is 14.7 Å². The maximum Gasteiger partial charge on any atom is 0.315 e. The molecule has 0 saturated carbocycles. The van der Waals surface area contributed by atoms with Crippen molar-refractivity contribution in [1.82, 2.24) is 4.90 Å². The minimum absolute atomic E-state index is 0.150. The molecule has 0 amide bonds. The Morgan fingerprint density at radius 1 is 1.38 bits per heavy atom. The Morgan fingerprint density at radius 2 is 2.19 bits per heavy atom. The molecule has 2 aliphatic rings. The highest BCUT2D eigenvalue weighted by atomic mass is 16.5. The van der Waals surface area contributed by atoms with Gasteiger partial charge in [0.25, 0.3) is 0 Å². The lowest BCUT2D eigenvalue weighted by molar-refractivity contribution is -0.149. The lowest BCUT2D eigenvalue weighted by Gasteiger charge is -2.35. The number of piperidine rings is 1. The van der Waals surface area contributed by atoms with E-state index in [4.69, 9.17) is 4.74 Å². The molecule has 5 nitrogen and oxygen atoms in total. The first-order chi connectivity index (χ1) is 10.1. The normalized spacial score (nSPS) is 25.7. The standard InChI is InChI=1S/C16H19NO4/c1-21-11-4-2-10-3-5-14(12(10)8-11)17-7-6-15(18)13(9-17)16(19)20/h2,4,8,13-14H,3,5-7,9H2,1H3,(H,19,20). The summed E-state index contributed by atoms with van der Waals surface area (Å²) in [7, 11) is 1.64. The number of aryl methyl sites for hydroxylation is 1. The van der Waals surface area contributed by atoms with Crippen molar-refractivity contribution >= 4 is 11.8 Å². The molecule has 1 heterocycles. The number of methoxy groups -OCH3 is 1. The largest absolute Gasteiger partial charge is 0.497 e. The number of likely N-dealkylation sites (tertiary alicyclic amines) is 1. The highest BCUT2D eigenvalue weighted by Crippen LogP contribution is 2.39. The van der Waals surface area contributed by atoms with Gasteiger partial charge in [0.2, 0.25) is 0 Å². The first kappa shape index (κ1) is 14.1. The molecule has 21 heavy (non-hydrogen) atoms. The van der Waals surface area contributed by atoms with Crippen LogP contribution in [-0.2, 0) is 16.0 Å². The summed E-state index contributed by atoms with van der Waals surface area (Å²) in [5.41, 5.74) is 2.51. The van der Waals surface area contributed by atoms with Crippen molar-refractivity contribution < 1.29 is 19.4 Å². The summed E-state index contributed by atoms with van der Waals surface area (Å²) in [6.07, 6.45) is 2.29. The van der Waals surface area contributed by atoms with Crippen LogP contribution in [0.1, 0.15) is 30.0 Å². The molecule has 1 aliphatic heterocycles. The SMILES string of the molecule is COc1ccc2c(c1)C(N1CCC(=O)C(C(=O)O)C1)CC2. The third-order valence-corrected chi connectivity index (χ3v) is 4.59. The molecule has 0 radical (unpaired) electrons. The number of nitrogens with zero attached hydrogens (tertiary/aromatic N) is 1. The topological polar surface area (TPSA) is 66.8 Å². The third kappa shape index (κ3) is 2.53. The molecule has 1 aromatic rings. The predicted molar refractivity (Wildman–Crippen MR) is 76.4 cm³/mol. The Kier molecular flexibility index (Phi) is 3.68. The predicted octanol–water partition coefficient (Wildman–Crippen LogP) is 1.66. The van der Waals surface area contributed by atoms with Crippen LogP contribution in [0.25, 0.3) is 0 Å². The zero-order chi connectivity index (χ0) is 15.0. The van der Waals surface area contributed by atoms with Gasteiger partial charge in [0.15, 0.2) is 0 Å². The fraction of sp³-hybridized carbons (Fsp3) is 0.500. The first-order valence-corrected chi connectivity index (χ1v) is 7.26. The van der Waals surface area contributed by atoms with Crippen LogP contribution < -0.4 is 4.74 Å². The van der Waals surface area contributed by atoms with Crippen LogP contribution in [0.4, 0.5) is 0 Å². The quantitative estimate of drug-likeness (QED) is 0.857. The minimum Gasteiger partial charge on any atom is -0.497 e. The van der Waals surface area contributed by atoms with E-state index in [1.54, 1.807) is 7.11 Å². The average Bonchev–Trinajstić information content (AvgIpc) is 2.90. The number of benzene rings is 1. The molecule has 0 aromatic heterocycles. The molecule has 0 bridgehead atoms. The molecule has 112 valence electrons. The van der Waals surface area contributed by atoms with Gasteiger partial charge in [-0.05, 0) is 36.1 Å². The summed E-state index contributed by atoms with van der Waals surface area (Å²) in [6, 6.07) is 6.28. The number of ether oxygens (including phenoxy) is 1. The molecule has 1 fully saturated rings. The number of carbonyl (C=O) groups is 2. The zero-order valence-electron chi connectivity index (χ0n) is 12.0. The highest BCUT2D eigenvalue weighted by molar-refractivity contribution is 5.99. The third-order valence-electron chi connectivity index (χ3n) is 4.59. The Balaban J connectivity index is 1.83. The second-order valence-corrected chi connectivity index (χ2v) is 5.72. The van der Waals surface area contributed by atoms with Crippen LogP contribution in [0.2, 0.25) is 0 Å². The van der Waals surface area contributed by atoms with Crippen LogP contribution in [-0.4, -0.2) is 42.0 Å². The molecule has 2 atom stereocenters. The van der Waals surface area contributed by atoms with E-state index in [1.807, 2.05) is 12.1 Å². The summed E-state index contributed by atoms with van der Waals surface area (Å²) < 4.78 is 5.28. The van der Waals surface area contributed by atoms with Gasteiger partial charge in [-0.25, -0.2) is 0 Å². The van der Waals surface area contributed by atoms with Crippen LogP contribution >= 0.6 is 0 Å². The first-order valence-electron chi connectivity index (χ1n) is 7.26. The van der Waals surface area contributed by atoms with E-state index < -0.39 is 11.9 Å². The second-order valence-electron chi connectivity index (χ2n) is 5.72. The molecule has 1 aromatic carbocycles. The van der Waals surface area contributed by atoms with Crippen molar-refractivity contribution in [2.24, 2.45) is 5.92 Å². The molecule has 1 aliphatic carbocycles. The van der Waals surface area contributed by atoms with Gasteiger partial charge in [0, 0.05) is 25.6 Å². The van der Waals surface area contributed by atoms with Gasteiger partial charge in [0.05, 0.1) is 7.11 Å². The average molecular weight is 289 g/mol. The van der Waals surface area contributed by atoms with E-state index in [0.717, 1.165) is 18.6 Å². The van der Waals surface area contributed by atoms with E-state index in [1.165, 1.54) is 11.1 Å². The van der Waals surface area contributed by atoms with Gasteiger partial charge in [0.1, 0.15) is 17.5 Å². The van der Waals surface area contributed by atoms with Crippen LogP contribution in [0.3, 0.4) is 0 Å². The fourth-order valence-corrected chi connectivity index (χ4v) is 3.42. The zero-order valence-corrected chi connectivity index (χ0v) is 12.0. The number of hydrogen-bond donors (Lipinski definition) is 1. The van der Waals surface area contributed by atoms with E-state index >= 15 is 0 Å². The maximum atomic E-state index is 11.7. The van der Waals surface area contributed by atoms with Gasteiger partial charge in [-0.15, -0.1) is 0 Å². The van der Waals surface area contributed by atoms with Gasteiger partial charge in [-0.1, -0.05) is 6.07 Å². The lowest BCUT2D eigenvalue weighted by Crippen LogP contribution is -2.45. The van der Waals surface area contributed by atoms with Gasteiger partial charge in [-0.2, -0.15) is 0 Å². The Hall–Kier alpha value is -1.88. The number of hydrogen-bond acceptors (Lipinski definition) is 4. The Morgan fingerprint density at radius 3 is 2.90 bits per heavy atom. The summed E-state index contributed by atoms with van der Waals surface area (Å²) in [6.45, 7) is 0.958. The number of carboxylic acids is 1. The molecule has 1 N–H and O–H groups in total. The monoisotopic (exact) mass is 289 g/mol. The molecule has 1 saturated heterocycles. The molecule has 5 heteroatoms. The summed E-state index contributed by atoms with van der Waals surface area (Å²) in [5, 5.41) is 9.18. The van der Waals surface area contributed by atoms with E-state index in [-0.39, 0.29) is 11.8 Å². The van der Waals surface area contributed by atoms with Crippen molar-refractivity contribution in [3.63, 3.8) is 0 Å². The second kappa shape index (κ2) is 5.48. The summed E-state index contributed by atoms with van der Waals surface area (Å²) in [5.74, 6) is -1.21. The molecule has 3 rings (SSSR count). The number of carbonyl (C=O) groups excluding carboxylic acids is 1. The van der Waals surface area contributed by atoms with Crippen LogP contribution in [0.5, 0.6) is 5.75 Å². The smallest absolute Gasteiger partial charge is 0.315 e. The Bertz CT molecular complexity index is 584. The minimum atomic E-state index is -1.01. The molecule has 2 unspecified atom stereocenters.